The van der Waals surface area contributed by atoms with Gasteiger partial charge in [0, 0.05) is 13.2 Å². The Balaban J connectivity index is 1.61. The van der Waals surface area contributed by atoms with Gasteiger partial charge in [-0.1, -0.05) is 19.1 Å². The fourth-order valence-electron chi connectivity index (χ4n) is 3.77. The Morgan fingerprint density at radius 1 is 1.30 bits per heavy atom. The third-order valence-corrected chi connectivity index (χ3v) is 5.57. The standard InChI is InChI=1S/C19H25F5N4O2/c1-3-13(18(29)28-8-14(10(28)2)30-19(22,23)24)27-17-15(21)16(25-9-26-17)11-4-6-12(20)7-5-11/h4-7,10,13-17,25-27H,3,8-9H2,1-2H3/t10-,13+,14-,15?,16?,17?/m0/s1. The predicted molar refractivity (Wildman–Crippen MR) is 98.3 cm³/mol. The monoisotopic (exact) mass is 436 g/mol. The fraction of sp³-hybridized carbons (Fsp3) is 0.632. The molecule has 0 spiro atoms. The van der Waals surface area contributed by atoms with Crippen LogP contribution in [-0.4, -0.2) is 60.9 Å². The SMILES string of the molecule is CC[C@@H](NC1NCNC(c2ccc(F)cc2)C1F)C(=O)N1C[C@H](OC(F)(F)F)[C@@H]1C. The average molecular weight is 436 g/mol. The van der Waals surface area contributed by atoms with Crippen molar-refractivity contribution in [3.8, 4) is 0 Å². The zero-order valence-corrected chi connectivity index (χ0v) is 16.5. The van der Waals surface area contributed by atoms with E-state index < -0.39 is 54.7 Å². The number of likely N-dealkylation sites (tertiary alicyclic amines) is 1. The molecule has 1 aromatic rings. The first-order valence-corrected chi connectivity index (χ1v) is 9.78. The summed E-state index contributed by atoms with van der Waals surface area (Å²) in [5.41, 5.74) is 0.570. The summed E-state index contributed by atoms with van der Waals surface area (Å²) >= 11 is 0. The molecular weight excluding hydrogens is 411 g/mol. The molecule has 0 aliphatic carbocycles. The molecule has 3 rings (SSSR count). The van der Waals surface area contributed by atoms with Crippen molar-refractivity contribution in [1.29, 1.82) is 0 Å². The van der Waals surface area contributed by atoms with E-state index in [0.717, 1.165) is 0 Å². The van der Waals surface area contributed by atoms with Gasteiger partial charge in [0.2, 0.25) is 5.91 Å². The first-order chi connectivity index (χ1) is 14.1. The number of benzene rings is 1. The van der Waals surface area contributed by atoms with Crippen LogP contribution >= 0.6 is 0 Å². The van der Waals surface area contributed by atoms with Gasteiger partial charge in [-0.05, 0) is 31.0 Å². The highest BCUT2D eigenvalue weighted by Crippen LogP contribution is 2.29. The minimum Gasteiger partial charge on any atom is -0.333 e. The van der Waals surface area contributed by atoms with Crippen molar-refractivity contribution in [2.45, 2.75) is 63.2 Å². The van der Waals surface area contributed by atoms with Crippen LogP contribution in [0.25, 0.3) is 0 Å². The first kappa shape index (κ1) is 22.9. The van der Waals surface area contributed by atoms with E-state index in [-0.39, 0.29) is 13.2 Å². The van der Waals surface area contributed by atoms with Crippen LogP contribution in [0.4, 0.5) is 22.0 Å². The van der Waals surface area contributed by atoms with Crippen molar-refractivity contribution in [2.75, 3.05) is 13.2 Å². The zero-order valence-electron chi connectivity index (χ0n) is 16.5. The Hall–Kier alpha value is -1.82. The average Bonchev–Trinajstić information content (AvgIpc) is 2.69. The first-order valence-electron chi connectivity index (χ1n) is 9.78. The summed E-state index contributed by atoms with van der Waals surface area (Å²) in [7, 11) is 0. The molecule has 2 fully saturated rings. The number of rotatable bonds is 6. The Bertz CT molecular complexity index is 733. The molecule has 168 valence electrons. The van der Waals surface area contributed by atoms with Crippen LogP contribution in [0.2, 0.25) is 0 Å². The van der Waals surface area contributed by atoms with Gasteiger partial charge in [-0.15, -0.1) is 13.2 Å². The summed E-state index contributed by atoms with van der Waals surface area (Å²) in [5.74, 6) is -0.830. The summed E-state index contributed by atoms with van der Waals surface area (Å²) in [6, 6.07) is 3.27. The molecular formula is C19H25F5N4O2. The number of amides is 1. The topological polar surface area (TPSA) is 65.6 Å². The van der Waals surface area contributed by atoms with Crippen LogP contribution in [0.3, 0.4) is 0 Å². The predicted octanol–water partition coefficient (Wildman–Crippen LogP) is 2.19. The van der Waals surface area contributed by atoms with Gasteiger partial charge in [-0.3, -0.25) is 25.5 Å². The number of hydrogen-bond donors (Lipinski definition) is 3. The molecule has 11 heteroatoms. The van der Waals surface area contributed by atoms with Gasteiger partial charge in [0.1, 0.15) is 18.1 Å². The maximum atomic E-state index is 15.1. The molecule has 6 nitrogen and oxygen atoms in total. The normalized spacial score (nSPS) is 30.6. The molecule has 1 aromatic carbocycles. The smallest absolute Gasteiger partial charge is 0.333 e. The highest BCUT2D eigenvalue weighted by Gasteiger charge is 2.47. The lowest BCUT2D eigenvalue weighted by Crippen LogP contribution is -2.68. The molecule has 2 heterocycles. The number of carbonyl (C=O) groups excluding carboxylic acids is 1. The molecule has 0 aromatic heterocycles. The van der Waals surface area contributed by atoms with Crippen molar-refractivity contribution in [1.82, 2.24) is 20.9 Å². The second-order valence-corrected chi connectivity index (χ2v) is 7.50. The van der Waals surface area contributed by atoms with E-state index in [1.807, 2.05) is 0 Å². The van der Waals surface area contributed by atoms with Crippen LogP contribution in [-0.2, 0) is 9.53 Å². The van der Waals surface area contributed by atoms with Gasteiger partial charge < -0.3 is 4.90 Å². The Morgan fingerprint density at radius 2 is 1.97 bits per heavy atom. The summed E-state index contributed by atoms with van der Waals surface area (Å²) < 4.78 is 69.4. The largest absolute Gasteiger partial charge is 0.522 e. The van der Waals surface area contributed by atoms with E-state index in [2.05, 4.69) is 20.7 Å². The number of ether oxygens (including phenoxy) is 1. The van der Waals surface area contributed by atoms with E-state index >= 15 is 4.39 Å². The maximum Gasteiger partial charge on any atom is 0.522 e. The summed E-state index contributed by atoms with van der Waals surface area (Å²) in [4.78, 5) is 14.1. The van der Waals surface area contributed by atoms with Crippen LogP contribution in [0, 0.1) is 5.82 Å². The zero-order chi connectivity index (χ0) is 22.1. The van der Waals surface area contributed by atoms with Crippen LogP contribution in [0.5, 0.6) is 0 Å². The summed E-state index contributed by atoms with van der Waals surface area (Å²) in [6.07, 6.45) is -7.88. The Morgan fingerprint density at radius 3 is 2.53 bits per heavy atom. The van der Waals surface area contributed by atoms with E-state index in [4.69, 9.17) is 0 Å². The molecule has 0 bridgehead atoms. The van der Waals surface area contributed by atoms with E-state index in [0.29, 0.717) is 12.0 Å². The van der Waals surface area contributed by atoms with Crippen molar-refractivity contribution >= 4 is 5.91 Å². The van der Waals surface area contributed by atoms with Crippen molar-refractivity contribution < 1.29 is 31.5 Å². The molecule has 3 unspecified atom stereocenters. The third kappa shape index (κ3) is 5.08. The number of hydrogen-bond acceptors (Lipinski definition) is 5. The quantitative estimate of drug-likeness (QED) is 0.597. The second-order valence-electron chi connectivity index (χ2n) is 7.50. The second kappa shape index (κ2) is 9.13. The van der Waals surface area contributed by atoms with Gasteiger partial charge in [-0.2, -0.15) is 0 Å². The summed E-state index contributed by atoms with van der Waals surface area (Å²) in [5, 5.41) is 8.82. The van der Waals surface area contributed by atoms with Crippen LogP contribution < -0.4 is 16.0 Å². The third-order valence-electron chi connectivity index (χ3n) is 5.57. The van der Waals surface area contributed by atoms with Gasteiger partial charge in [-0.25, -0.2) is 8.78 Å². The van der Waals surface area contributed by atoms with E-state index in [9.17, 15) is 22.4 Å². The lowest BCUT2D eigenvalue weighted by atomic mass is 9.96. The lowest BCUT2D eigenvalue weighted by molar-refractivity contribution is -0.359. The minimum atomic E-state index is -4.76. The molecule has 2 aliphatic heterocycles. The number of nitrogens with one attached hydrogen (secondary N) is 3. The van der Waals surface area contributed by atoms with Crippen molar-refractivity contribution in [2.24, 2.45) is 0 Å². The number of halogens is 5. The van der Waals surface area contributed by atoms with Crippen LogP contribution in [0.1, 0.15) is 31.9 Å². The van der Waals surface area contributed by atoms with Gasteiger partial charge in [0.05, 0.1) is 24.3 Å². The molecule has 0 saturated carbocycles. The molecule has 1 amide bonds. The molecule has 30 heavy (non-hydrogen) atoms. The molecule has 3 N–H and O–H groups in total. The van der Waals surface area contributed by atoms with Gasteiger partial charge in [0.15, 0.2) is 0 Å². The number of carbonyl (C=O) groups is 1. The van der Waals surface area contributed by atoms with E-state index in [1.165, 1.54) is 36.1 Å². The fourth-order valence-corrected chi connectivity index (χ4v) is 3.77. The lowest BCUT2D eigenvalue weighted by Gasteiger charge is -2.47. The van der Waals surface area contributed by atoms with Gasteiger partial charge in [0.25, 0.3) is 0 Å². The maximum absolute atomic E-state index is 15.1. The Kier molecular flexibility index (Phi) is 6.95. The molecule has 6 atom stereocenters. The molecule has 2 saturated heterocycles. The highest BCUT2D eigenvalue weighted by atomic mass is 19.4. The molecule has 0 radical (unpaired) electrons. The highest BCUT2D eigenvalue weighted by molar-refractivity contribution is 5.83. The number of alkyl halides is 4. The summed E-state index contributed by atoms with van der Waals surface area (Å²) in [6.45, 7) is 3.30. The molecule has 2 aliphatic rings. The van der Waals surface area contributed by atoms with Gasteiger partial charge >= 0.3 is 6.36 Å². The van der Waals surface area contributed by atoms with Crippen molar-refractivity contribution in [3.05, 3.63) is 35.6 Å². The van der Waals surface area contributed by atoms with Crippen LogP contribution in [0.15, 0.2) is 24.3 Å². The van der Waals surface area contributed by atoms with E-state index in [1.54, 1.807) is 6.92 Å². The van der Waals surface area contributed by atoms with Crippen molar-refractivity contribution in [3.63, 3.8) is 0 Å². The Labute approximate surface area is 171 Å². The minimum absolute atomic E-state index is 0.172. The number of nitrogens with zero attached hydrogens (tertiary/aromatic N) is 1.